The molecule has 1 aromatic rings. The van der Waals surface area contributed by atoms with E-state index in [4.69, 9.17) is 5.73 Å². The summed E-state index contributed by atoms with van der Waals surface area (Å²) >= 11 is 0. The second-order valence-electron chi connectivity index (χ2n) is 9.03. The molecule has 2 rings (SSSR count). The van der Waals surface area contributed by atoms with Gasteiger partial charge in [-0.15, -0.1) is 0 Å². The van der Waals surface area contributed by atoms with E-state index in [-0.39, 0.29) is 0 Å². The molecule has 4 N–H and O–H groups in total. The van der Waals surface area contributed by atoms with Crippen LogP contribution in [0.4, 0.5) is 0 Å². The van der Waals surface area contributed by atoms with Crippen LogP contribution in [0.5, 0.6) is 0 Å². The molecule has 27 heavy (non-hydrogen) atoms. The molecule has 6 nitrogen and oxygen atoms in total. The minimum absolute atomic E-state index is 0.521. The number of nitrogens with two attached hydrogens (primary N) is 1. The maximum Gasteiger partial charge on any atom is 0.207 e. The van der Waals surface area contributed by atoms with Gasteiger partial charge in [-0.25, -0.2) is 0 Å². The number of amides is 1. The van der Waals surface area contributed by atoms with Crippen molar-refractivity contribution in [3.8, 4) is 0 Å². The monoisotopic (exact) mass is 379 g/mol. The van der Waals surface area contributed by atoms with Crippen LogP contribution < -0.4 is 11.1 Å². The summed E-state index contributed by atoms with van der Waals surface area (Å²) in [6, 6.07) is 0. The SMILES string of the molecule is CC(C)CCNC=O.CN(CCN)Cc1cn[nH]c1C1CCC(C)(C)CC1. The Kier molecular flexibility index (Phi) is 10.6. The molecular weight excluding hydrogens is 338 g/mol. The van der Waals surface area contributed by atoms with Crippen LogP contribution in [0, 0.1) is 11.3 Å². The van der Waals surface area contributed by atoms with E-state index in [0.717, 1.165) is 32.5 Å². The maximum absolute atomic E-state index is 9.68. The highest BCUT2D eigenvalue weighted by Crippen LogP contribution is 2.42. The summed E-state index contributed by atoms with van der Waals surface area (Å²) in [5.41, 5.74) is 8.83. The summed E-state index contributed by atoms with van der Waals surface area (Å²) in [5, 5.41) is 10.1. The van der Waals surface area contributed by atoms with Crippen LogP contribution in [-0.2, 0) is 11.3 Å². The summed E-state index contributed by atoms with van der Waals surface area (Å²) in [4.78, 5) is 11.9. The minimum atomic E-state index is 0.521. The first-order valence-electron chi connectivity index (χ1n) is 10.4. The number of carbonyl (C=O) groups is 1. The van der Waals surface area contributed by atoms with Gasteiger partial charge in [-0.3, -0.25) is 9.89 Å². The largest absolute Gasteiger partial charge is 0.359 e. The molecular formula is C21H41N5O. The van der Waals surface area contributed by atoms with Crippen LogP contribution in [0.3, 0.4) is 0 Å². The lowest BCUT2D eigenvalue weighted by atomic mass is 9.72. The van der Waals surface area contributed by atoms with Gasteiger partial charge in [0.25, 0.3) is 0 Å². The Morgan fingerprint density at radius 3 is 2.63 bits per heavy atom. The maximum atomic E-state index is 9.68. The van der Waals surface area contributed by atoms with Crippen molar-refractivity contribution in [3.63, 3.8) is 0 Å². The number of rotatable bonds is 9. The number of aromatic amines is 1. The Bertz CT molecular complexity index is 516. The number of nitrogens with one attached hydrogen (secondary N) is 2. The first kappa shape index (κ1) is 23.6. The lowest BCUT2D eigenvalue weighted by Crippen LogP contribution is -2.26. The van der Waals surface area contributed by atoms with Gasteiger partial charge in [-0.2, -0.15) is 5.10 Å². The Labute approximate surface area is 165 Å². The molecule has 1 saturated carbocycles. The van der Waals surface area contributed by atoms with Crippen LogP contribution in [0.25, 0.3) is 0 Å². The number of hydrogen-bond acceptors (Lipinski definition) is 4. The van der Waals surface area contributed by atoms with Crippen molar-refractivity contribution in [1.29, 1.82) is 0 Å². The first-order valence-corrected chi connectivity index (χ1v) is 10.4. The van der Waals surface area contributed by atoms with Crippen molar-refractivity contribution >= 4 is 6.41 Å². The van der Waals surface area contributed by atoms with E-state index < -0.39 is 0 Å². The van der Waals surface area contributed by atoms with Crippen LogP contribution >= 0.6 is 0 Å². The zero-order valence-corrected chi connectivity index (χ0v) is 18.1. The molecule has 0 unspecified atom stereocenters. The number of carbonyl (C=O) groups excluding carboxylic acids is 1. The minimum Gasteiger partial charge on any atom is -0.359 e. The molecule has 1 aliphatic rings. The van der Waals surface area contributed by atoms with Gasteiger partial charge < -0.3 is 16.0 Å². The Morgan fingerprint density at radius 2 is 2.07 bits per heavy atom. The van der Waals surface area contributed by atoms with E-state index in [9.17, 15) is 4.79 Å². The second kappa shape index (κ2) is 12.1. The van der Waals surface area contributed by atoms with Gasteiger partial charge in [-0.1, -0.05) is 27.7 Å². The highest BCUT2D eigenvalue weighted by molar-refractivity contribution is 5.45. The molecule has 1 aromatic heterocycles. The fraction of sp³-hybridized carbons (Fsp3) is 0.810. The van der Waals surface area contributed by atoms with Gasteiger partial charge in [0, 0.05) is 43.4 Å². The second-order valence-corrected chi connectivity index (χ2v) is 9.03. The van der Waals surface area contributed by atoms with Gasteiger partial charge in [-0.05, 0) is 50.5 Å². The third-order valence-corrected chi connectivity index (χ3v) is 5.40. The van der Waals surface area contributed by atoms with Gasteiger partial charge in [0.15, 0.2) is 0 Å². The molecule has 0 spiro atoms. The number of aromatic nitrogens is 2. The molecule has 156 valence electrons. The molecule has 1 aliphatic carbocycles. The van der Waals surface area contributed by atoms with Gasteiger partial charge in [0.1, 0.15) is 0 Å². The van der Waals surface area contributed by atoms with Crippen LogP contribution in [0.2, 0.25) is 0 Å². The average molecular weight is 380 g/mol. The summed E-state index contributed by atoms with van der Waals surface area (Å²) in [6.45, 7) is 12.4. The third kappa shape index (κ3) is 9.38. The number of nitrogens with zero attached hydrogens (tertiary/aromatic N) is 2. The fourth-order valence-corrected chi connectivity index (χ4v) is 3.51. The third-order valence-electron chi connectivity index (χ3n) is 5.40. The Balaban J connectivity index is 0.000000387. The van der Waals surface area contributed by atoms with Crippen molar-refractivity contribution in [2.45, 2.75) is 72.3 Å². The lowest BCUT2D eigenvalue weighted by Gasteiger charge is -2.34. The summed E-state index contributed by atoms with van der Waals surface area (Å²) in [7, 11) is 2.12. The first-order chi connectivity index (χ1) is 12.8. The smallest absolute Gasteiger partial charge is 0.207 e. The van der Waals surface area contributed by atoms with Crippen molar-refractivity contribution in [2.75, 3.05) is 26.7 Å². The highest BCUT2D eigenvalue weighted by Gasteiger charge is 2.29. The molecule has 0 bridgehead atoms. The molecule has 1 fully saturated rings. The van der Waals surface area contributed by atoms with E-state index >= 15 is 0 Å². The molecule has 0 radical (unpaired) electrons. The van der Waals surface area contributed by atoms with Crippen LogP contribution in [0.15, 0.2) is 6.20 Å². The molecule has 0 aromatic carbocycles. The molecule has 1 amide bonds. The fourth-order valence-electron chi connectivity index (χ4n) is 3.51. The van der Waals surface area contributed by atoms with Crippen molar-refractivity contribution in [2.24, 2.45) is 17.1 Å². The predicted molar refractivity (Wildman–Crippen MR) is 112 cm³/mol. The molecule has 0 aliphatic heterocycles. The highest BCUT2D eigenvalue weighted by atomic mass is 16.1. The van der Waals surface area contributed by atoms with Gasteiger partial charge in [0.2, 0.25) is 6.41 Å². The van der Waals surface area contributed by atoms with E-state index in [1.807, 2.05) is 6.20 Å². The number of hydrogen-bond donors (Lipinski definition) is 3. The lowest BCUT2D eigenvalue weighted by molar-refractivity contribution is -0.109. The van der Waals surface area contributed by atoms with Crippen LogP contribution in [-0.4, -0.2) is 48.2 Å². The standard InChI is InChI=1S/C15H28N4.C6H13NO/c1-15(2)6-4-12(5-7-15)14-13(10-17-18-14)11-19(3)9-8-16;1-6(2)3-4-7-5-8/h10,12H,4-9,11,16H2,1-3H3,(H,17,18);5-6H,3-4H2,1-2H3,(H,7,8). The zero-order chi connectivity index (χ0) is 20.3. The van der Waals surface area contributed by atoms with Crippen LogP contribution in [0.1, 0.15) is 77.0 Å². The van der Waals surface area contributed by atoms with Gasteiger partial charge >= 0.3 is 0 Å². The van der Waals surface area contributed by atoms with E-state index in [1.165, 1.54) is 36.9 Å². The quantitative estimate of drug-likeness (QED) is 0.454. The predicted octanol–water partition coefficient (Wildman–Crippen LogP) is 3.26. The molecule has 0 atom stereocenters. The van der Waals surface area contributed by atoms with Crippen molar-refractivity contribution < 1.29 is 4.79 Å². The van der Waals surface area contributed by atoms with E-state index in [0.29, 0.717) is 23.8 Å². The Morgan fingerprint density at radius 1 is 1.41 bits per heavy atom. The summed E-state index contributed by atoms with van der Waals surface area (Å²) in [6.07, 6.45) is 8.98. The summed E-state index contributed by atoms with van der Waals surface area (Å²) < 4.78 is 0. The topological polar surface area (TPSA) is 87.0 Å². The molecule has 0 saturated heterocycles. The van der Waals surface area contributed by atoms with E-state index in [1.54, 1.807) is 0 Å². The normalized spacial score (nSPS) is 16.9. The molecule has 6 heteroatoms. The number of likely N-dealkylation sites (N-methyl/N-ethyl adjacent to an activating group) is 1. The van der Waals surface area contributed by atoms with Crippen molar-refractivity contribution in [1.82, 2.24) is 20.4 Å². The van der Waals surface area contributed by atoms with Gasteiger partial charge in [0.05, 0.1) is 6.20 Å². The zero-order valence-electron chi connectivity index (χ0n) is 18.1. The molecule has 1 heterocycles. The van der Waals surface area contributed by atoms with Crippen molar-refractivity contribution in [3.05, 3.63) is 17.5 Å². The van der Waals surface area contributed by atoms with E-state index in [2.05, 4.69) is 55.2 Å². The average Bonchev–Trinajstić information content (AvgIpc) is 3.03. The Hall–Kier alpha value is -1.40. The number of H-pyrrole nitrogens is 1. The summed E-state index contributed by atoms with van der Waals surface area (Å²) in [5.74, 6) is 1.35.